The maximum Gasteiger partial charge on any atom is 0.417 e. The third-order valence-corrected chi connectivity index (χ3v) is 4.18. The van der Waals surface area contributed by atoms with Crippen molar-refractivity contribution in [2.24, 2.45) is 0 Å². The van der Waals surface area contributed by atoms with Crippen molar-refractivity contribution < 1.29 is 13.2 Å². The Morgan fingerprint density at radius 3 is 2.33 bits per heavy atom. The standard InChI is InChI=1S/C14H9BrCl2F3N/c15-11-3-2-9(6-10(11)14(18,19)20)21-7-8-1-4-12(16)13(17)5-8/h1-6,21H,7H2. The van der Waals surface area contributed by atoms with Crippen LogP contribution in [0, 0.1) is 0 Å². The third kappa shape index (κ3) is 4.28. The average molecular weight is 399 g/mol. The molecule has 0 atom stereocenters. The van der Waals surface area contributed by atoms with Crippen LogP contribution in [0.3, 0.4) is 0 Å². The van der Waals surface area contributed by atoms with Gasteiger partial charge in [-0.25, -0.2) is 0 Å². The highest BCUT2D eigenvalue weighted by Crippen LogP contribution is 2.36. The van der Waals surface area contributed by atoms with Gasteiger partial charge in [0.25, 0.3) is 0 Å². The van der Waals surface area contributed by atoms with Gasteiger partial charge in [0.2, 0.25) is 0 Å². The van der Waals surface area contributed by atoms with E-state index in [1.807, 2.05) is 0 Å². The number of hydrogen-bond acceptors (Lipinski definition) is 1. The molecule has 0 saturated carbocycles. The Labute approximate surface area is 138 Å². The average Bonchev–Trinajstić information content (AvgIpc) is 2.40. The third-order valence-electron chi connectivity index (χ3n) is 2.75. The van der Waals surface area contributed by atoms with Crippen LogP contribution in [0.25, 0.3) is 0 Å². The molecular formula is C14H9BrCl2F3N. The molecule has 0 unspecified atom stereocenters. The topological polar surface area (TPSA) is 12.0 Å². The molecule has 0 radical (unpaired) electrons. The number of nitrogens with one attached hydrogen (secondary N) is 1. The van der Waals surface area contributed by atoms with Crippen LogP contribution in [0.5, 0.6) is 0 Å². The Morgan fingerprint density at radius 2 is 1.71 bits per heavy atom. The molecule has 1 N–H and O–H groups in total. The van der Waals surface area contributed by atoms with Gasteiger partial charge in [-0.05, 0) is 35.9 Å². The molecular weight excluding hydrogens is 390 g/mol. The summed E-state index contributed by atoms with van der Waals surface area (Å²) < 4.78 is 38.4. The summed E-state index contributed by atoms with van der Waals surface area (Å²) in [5.74, 6) is 0. The van der Waals surface area contributed by atoms with E-state index in [1.54, 1.807) is 24.3 Å². The molecule has 21 heavy (non-hydrogen) atoms. The van der Waals surface area contributed by atoms with Crippen LogP contribution in [0.4, 0.5) is 18.9 Å². The van der Waals surface area contributed by atoms with Gasteiger partial charge in [0.15, 0.2) is 0 Å². The van der Waals surface area contributed by atoms with Crippen molar-refractivity contribution >= 4 is 44.8 Å². The first-order valence-electron chi connectivity index (χ1n) is 5.82. The zero-order valence-electron chi connectivity index (χ0n) is 10.4. The quantitative estimate of drug-likeness (QED) is 0.631. The van der Waals surface area contributed by atoms with Gasteiger partial charge in [-0.2, -0.15) is 13.2 Å². The van der Waals surface area contributed by atoms with Gasteiger partial charge in [0.05, 0.1) is 15.6 Å². The Morgan fingerprint density at radius 1 is 1.00 bits per heavy atom. The monoisotopic (exact) mass is 397 g/mol. The van der Waals surface area contributed by atoms with Crippen molar-refractivity contribution in [3.63, 3.8) is 0 Å². The number of halogens is 6. The van der Waals surface area contributed by atoms with Crippen molar-refractivity contribution in [3.05, 3.63) is 62.0 Å². The first-order valence-corrected chi connectivity index (χ1v) is 7.37. The summed E-state index contributed by atoms with van der Waals surface area (Å²) >= 11 is 14.6. The molecule has 1 nitrogen and oxygen atoms in total. The van der Waals surface area contributed by atoms with Gasteiger partial charge in [-0.1, -0.05) is 45.2 Å². The molecule has 0 saturated heterocycles. The molecule has 2 aromatic carbocycles. The SMILES string of the molecule is FC(F)(F)c1cc(NCc2ccc(Cl)c(Cl)c2)ccc1Br. The summed E-state index contributed by atoms with van der Waals surface area (Å²) in [6.07, 6.45) is -4.40. The lowest BCUT2D eigenvalue weighted by Gasteiger charge is -2.13. The van der Waals surface area contributed by atoms with E-state index in [4.69, 9.17) is 23.2 Å². The van der Waals surface area contributed by atoms with Crippen LogP contribution >= 0.6 is 39.1 Å². The second kappa shape index (κ2) is 6.46. The molecule has 2 aromatic rings. The van der Waals surface area contributed by atoms with Crippen LogP contribution in [0.1, 0.15) is 11.1 Å². The Bertz CT molecular complexity index is 659. The van der Waals surface area contributed by atoms with E-state index in [2.05, 4.69) is 21.2 Å². The minimum Gasteiger partial charge on any atom is -0.381 e. The van der Waals surface area contributed by atoms with Gasteiger partial charge >= 0.3 is 6.18 Å². The summed E-state index contributed by atoms with van der Waals surface area (Å²) in [5, 5.41) is 3.76. The number of rotatable bonds is 3. The van der Waals surface area contributed by atoms with Crippen molar-refractivity contribution in [3.8, 4) is 0 Å². The van der Waals surface area contributed by atoms with E-state index in [0.717, 1.165) is 11.6 Å². The van der Waals surface area contributed by atoms with Gasteiger partial charge in [0, 0.05) is 16.7 Å². The summed E-state index contributed by atoms with van der Waals surface area (Å²) in [7, 11) is 0. The minimum absolute atomic E-state index is 0.00934. The number of hydrogen-bond donors (Lipinski definition) is 1. The van der Waals surface area contributed by atoms with E-state index in [9.17, 15) is 13.2 Å². The molecule has 0 aliphatic carbocycles. The first-order chi connectivity index (χ1) is 9.77. The maximum atomic E-state index is 12.8. The van der Waals surface area contributed by atoms with E-state index >= 15 is 0 Å². The zero-order chi connectivity index (χ0) is 15.6. The second-order valence-electron chi connectivity index (χ2n) is 4.29. The minimum atomic E-state index is -4.40. The Hall–Kier alpha value is -0.910. The van der Waals surface area contributed by atoms with Gasteiger partial charge in [0.1, 0.15) is 0 Å². The predicted molar refractivity (Wildman–Crippen MR) is 82.9 cm³/mol. The largest absolute Gasteiger partial charge is 0.417 e. The fourth-order valence-electron chi connectivity index (χ4n) is 1.71. The summed E-state index contributed by atoms with van der Waals surface area (Å²) in [5.41, 5.74) is 0.471. The Kier molecular flexibility index (Phi) is 5.07. The molecule has 7 heteroatoms. The lowest BCUT2D eigenvalue weighted by Crippen LogP contribution is -2.07. The molecule has 0 aliphatic heterocycles. The highest BCUT2D eigenvalue weighted by molar-refractivity contribution is 9.10. The van der Waals surface area contributed by atoms with E-state index < -0.39 is 11.7 Å². The molecule has 112 valence electrons. The lowest BCUT2D eigenvalue weighted by molar-refractivity contribution is -0.138. The number of alkyl halides is 3. The summed E-state index contributed by atoms with van der Waals surface area (Å²) in [6.45, 7) is 0.343. The Balaban J connectivity index is 2.15. The van der Waals surface area contributed by atoms with Crippen molar-refractivity contribution in [2.75, 3.05) is 5.32 Å². The molecule has 0 amide bonds. The van der Waals surface area contributed by atoms with Crippen LogP contribution in [0.15, 0.2) is 40.9 Å². The number of anilines is 1. The second-order valence-corrected chi connectivity index (χ2v) is 5.96. The fraction of sp³-hybridized carbons (Fsp3) is 0.143. The van der Waals surface area contributed by atoms with Gasteiger partial charge < -0.3 is 5.32 Å². The normalized spacial score (nSPS) is 11.5. The van der Waals surface area contributed by atoms with Crippen LogP contribution < -0.4 is 5.32 Å². The van der Waals surface area contributed by atoms with Crippen LogP contribution in [0.2, 0.25) is 10.0 Å². The molecule has 0 fully saturated rings. The molecule has 0 heterocycles. The molecule has 2 rings (SSSR count). The van der Waals surface area contributed by atoms with Crippen LogP contribution in [-0.4, -0.2) is 0 Å². The van der Waals surface area contributed by atoms with E-state index in [-0.39, 0.29) is 4.47 Å². The maximum absolute atomic E-state index is 12.8. The summed E-state index contributed by atoms with van der Waals surface area (Å²) in [4.78, 5) is 0. The molecule has 0 spiro atoms. The zero-order valence-corrected chi connectivity index (χ0v) is 13.5. The highest BCUT2D eigenvalue weighted by atomic mass is 79.9. The highest BCUT2D eigenvalue weighted by Gasteiger charge is 2.33. The van der Waals surface area contributed by atoms with Gasteiger partial charge in [-0.15, -0.1) is 0 Å². The van der Waals surface area contributed by atoms with Crippen molar-refractivity contribution in [1.82, 2.24) is 0 Å². The smallest absolute Gasteiger partial charge is 0.381 e. The van der Waals surface area contributed by atoms with Crippen molar-refractivity contribution in [1.29, 1.82) is 0 Å². The van der Waals surface area contributed by atoms with E-state index in [0.29, 0.717) is 22.3 Å². The van der Waals surface area contributed by atoms with E-state index in [1.165, 1.54) is 6.07 Å². The van der Waals surface area contributed by atoms with Crippen molar-refractivity contribution in [2.45, 2.75) is 12.7 Å². The lowest BCUT2D eigenvalue weighted by atomic mass is 10.1. The molecule has 0 aliphatic rings. The first kappa shape index (κ1) is 16.5. The predicted octanol–water partition coefficient (Wildman–Crippen LogP) is 6.39. The number of benzene rings is 2. The summed E-state index contributed by atoms with van der Waals surface area (Å²) in [6, 6.07) is 9.05. The fourth-order valence-corrected chi connectivity index (χ4v) is 2.50. The van der Waals surface area contributed by atoms with Crippen LogP contribution in [-0.2, 0) is 12.7 Å². The molecule has 0 aromatic heterocycles. The van der Waals surface area contributed by atoms with Gasteiger partial charge in [-0.3, -0.25) is 0 Å². The molecule has 0 bridgehead atoms.